The third kappa shape index (κ3) is 3.84. The smallest absolute Gasteiger partial charge is 0.127 e. The molecular weight excluding hydrogens is 209 g/mol. The highest BCUT2D eigenvalue weighted by Gasteiger charge is 2.07. The van der Waals surface area contributed by atoms with E-state index in [2.05, 4.69) is 6.92 Å². The van der Waals surface area contributed by atoms with Gasteiger partial charge in [-0.2, -0.15) is 0 Å². The van der Waals surface area contributed by atoms with Crippen LogP contribution in [0.5, 0.6) is 0 Å². The molecule has 0 aliphatic heterocycles. The van der Waals surface area contributed by atoms with Crippen LogP contribution < -0.4 is 5.73 Å². The van der Waals surface area contributed by atoms with Gasteiger partial charge in [0.2, 0.25) is 0 Å². The van der Waals surface area contributed by atoms with Crippen LogP contribution in [-0.2, 0) is 6.42 Å². The summed E-state index contributed by atoms with van der Waals surface area (Å²) in [6, 6.07) is 5.26. The van der Waals surface area contributed by atoms with Crippen LogP contribution in [-0.4, -0.2) is 12.3 Å². The summed E-state index contributed by atoms with van der Waals surface area (Å²) in [5.74, 6) is 0.930. The molecule has 0 spiro atoms. The number of nitrogens with two attached hydrogens (primary N) is 1. The molecule has 0 aliphatic rings. The maximum Gasteiger partial charge on any atom is 0.127 e. The Morgan fingerprint density at radius 1 is 1.40 bits per heavy atom. The minimum atomic E-state index is -0.123. The Morgan fingerprint density at radius 2 is 2.20 bits per heavy atom. The molecule has 1 aromatic carbocycles. The van der Waals surface area contributed by atoms with E-state index in [1.807, 2.05) is 6.07 Å². The summed E-state index contributed by atoms with van der Waals surface area (Å²) in [6.45, 7) is 2.66. The van der Waals surface area contributed by atoms with E-state index in [0.29, 0.717) is 13.0 Å². The Hall–Kier alpha value is -0.540. The zero-order valence-corrected chi connectivity index (χ0v) is 9.95. The van der Waals surface area contributed by atoms with Gasteiger partial charge in [0.25, 0.3) is 0 Å². The molecule has 0 unspecified atom stereocenters. The third-order valence-corrected chi connectivity index (χ3v) is 3.41. The van der Waals surface area contributed by atoms with Crippen LogP contribution in [0.25, 0.3) is 0 Å². The van der Waals surface area contributed by atoms with E-state index >= 15 is 0 Å². The minimum absolute atomic E-state index is 0.123. The largest absolute Gasteiger partial charge is 0.330 e. The highest BCUT2D eigenvalue weighted by molar-refractivity contribution is 7.99. The van der Waals surface area contributed by atoms with Crippen LogP contribution in [0.15, 0.2) is 23.1 Å². The number of benzene rings is 1. The number of hydrogen-bond acceptors (Lipinski definition) is 2. The number of unbranched alkanes of at least 4 members (excludes halogenated alkanes) is 1. The van der Waals surface area contributed by atoms with Crippen molar-refractivity contribution in [1.29, 1.82) is 0 Å². The molecule has 0 heterocycles. The van der Waals surface area contributed by atoms with Gasteiger partial charge in [-0.05, 0) is 37.3 Å². The van der Waals surface area contributed by atoms with Gasteiger partial charge in [-0.1, -0.05) is 19.4 Å². The van der Waals surface area contributed by atoms with Gasteiger partial charge < -0.3 is 5.73 Å². The predicted molar refractivity (Wildman–Crippen MR) is 64.8 cm³/mol. The molecule has 1 rings (SSSR count). The van der Waals surface area contributed by atoms with Crippen LogP contribution >= 0.6 is 11.8 Å². The van der Waals surface area contributed by atoms with Gasteiger partial charge in [-0.15, -0.1) is 11.8 Å². The second-order valence-corrected chi connectivity index (χ2v) is 4.59. The van der Waals surface area contributed by atoms with Gasteiger partial charge >= 0.3 is 0 Å². The SMILES string of the molecule is CCCCSc1cccc(F)c1CCN. The molecular formula is C12H18FNS. The molecule has 15 heavy (non-hydrogen) atoms. The van der Waals surface area contributed by atoms with Crippen molar-refractivity contribution < 1.29 is 4.39 Å². The quantitative estimate of drug-likeness (QED) is 0.596. The average molecular weight is 227 g/mol. The molecule has 0 saturated heterocycles. The van der Waals surface area contributed by atoms with Crippen LogP contribution in [0.4, 0.5) is 4.39 Å². The van der Waals surface area contributed by atoms with Gasteiger partial charge in [0.1, 0.15) is 5.82 Å². The summed E-state index contributed by atoms with van der Waals surface area (Å²) < 4.78 is 13.5. The molecule has 0 fully saturated rings. The van der Waals surface area contributed by atoms with Crippen LogP contribution in [0.2, 0.25) is 0 Å². The summed E-state index contributed by atoms with van der Waals surface area (Å²) in [7, 11) is 0. The van der Waals surface area contributed by atoms with Gasteiger partial charge in [-0.3, -0.25) is 0 Å². The summed E-state index contributed by atoms with van der Waals surface area (Å²) in [5.41, 5.74) is 6.26. The number of thioether (sulfide) groups is 1. The van der Waals surface area contributed by atoms with Crippen molar-refractivity contribution in [1.82, 2.24) is 0 Å². The zero-order valence-electron chi connectivity index (χ0n) is 9.13. The molecule has 1 aromatic rings. The van der Waals surface area contributed by atoms with Crippen molar-refractivity contribution in [3.8, 4) is 0 Å². The summed E-state index contributed by atoms with van der Waals surface area (Å²) in [6.07, 6.45) is 2.97. The highest BCUT2D eigenvalue weighted by atomic mass is 32.2. The number of hydrogen-bond donors (Lipinski definition) is 1. The fourth-order valence-corrected chi connectivity index (χ4v) is 2.59. The zero-order chi connectivity index (χ0) is 11.1. The first-order valence-corrected chi connectivity index (χ1v) is 6.38. The van der Waals surface area contributed by atoms with Crippen LogP contribution in [0.3, 0.4) is 0 Å². The summed E-state index contributed by atoms with van der Waals surface area (Å²) >= 11 is 1.73. The Labute approximate surface area is 95.2 Å². The predicted octanol–water partition coefficient (Wildman–Crippen LogP) is 3.22. The molecule has 0 aromatic heterocycles. The first-order chi connectivity index (χ1) is 7.29. The molecule has 0 amide bonds. The van der Waals surface area contributed by atoms with Crippen molar-refractivity contribution in [2.24, 2.45) is 5.73 Å². The lowest BCUT2D eigenvalue weighted by Gasteiger charge is -2.08. The fraction of sp³-hybridized carbons (Fsp3) is 0.500. The average Bonchev–Trinajstić information content (AvgIpc) is 2.23. The maximum atomic E-state index is 13.5. The van der Waals surface area contributed by atoms with Crippen molar-refractivity contribution in [2.45, 2.75) is 31.1 Å². The van der Waals surface area contributed by atoms with E-state index in [1.165, 1.54) is 18.9 Å². The van der Waals surface area contributed by atoms with Gasteiger partial charge in [-0.25, -0.2) is 4.39 Å². The van der Waals surface area contributed by atoms with Crippen molar-refractivity contribution >= 4 is 11.8 Å². The second-order valence-electron chi connectivity index (χ2n) is 3.46. The lowest BCUT2D eigenvalue weighted by atomic mass is 10.1. The summed E-state index contributed by atoms with van der Waals surface area (Å²) in [5, 5.41) is 0. The Balaban J connectivity index is 2.71. The number of rotatable bonds is 6. The topological polar surface area (TPSA) is 26.0 Å². The normalized spacial score (nSPS) is 10.6. The molecule has 84 valence electrons. The minimum Gasteiger partial charge on any atom is -0.330 e. The molecule has 2 N–H and O–H groups in total. The van der Waals surface area contributed by atoms with Gasteiger partial charge in [0, 0.05) is 10.5 Å². The van der Waals surface area contributed by atoms with Gasteiger partial charge in [0.05, 0.1) is 0 Å². The molecule has 3 heteroatoms. The molecule has 0 atom stereocenters. The Bertz CT molecular complexity index is 302. The second kappa shape index (κ2) is 6.85. The Morgan fingerprint density at radius 3 is 2.87 bits per heavy atom. The molecule has 0 radical (unpaired) electrons. The molecule has 0 saturated carbocycles. The van der Waals surface area contributed by atoms with Crippen molar-refractivity contribution in [3.63, 3.8) is 0 Å². The molecule has 1 nitrogen and oxygen atoms in total. The van der Waals surface area contributed by atoms with E-state index in [1.54, 1.807) is 17.8 Å². The van der Waals surface area contributed by atoms with E-state index < -0.39 is 0 Å². The lowest BCUT2D eigenvalue weighted by molar-refractivity contribution is 0.603. The fourth-order valence-electron chi connectivity index (χ4n) is 1.39. The van der Waals surface area contributed by atoms with E-state index in [-0.39, 0.29) is 5.82 Å². The molecule has 0 bridgehead atoms. The van der Waals surface area contributed by atoms with E-state index in [9.17, 15) is 4.39 Å². The lowest BCUT2D eigenvalue weighted by Crippen LogP contribution is -2.05. The standard InChI is InChI=1S/C12H18FNS/c1-2-3-9-15-12-6-4-5-11(13)10(12)7-8-14/h4-6H,2-3,7-9,14H2,1H3. The van der Waals surface area contributed by atoms with Crippen LogP contribution in [0.1, 0.15) is 25.3 Å². The number of halogens is 1. The summed E-state index contributed by atoms with van der Waals surface area (Å²) in [4.78, 5) is 1.05. The van der Waals surface area contributed by atoms with Gasteiger partial charge in [0.15, 0.2) is 0 Å². The van der Waals surface area contributed by atoms with Crippen molar-refractivity contribution in [3.05, 3.63) is 29.6 Å². The first kappa shape index (κ1) is 12.5. The first-order valence-electron chi connectivity index (χ1n) is 5.39. The molecule has 0 aliphatic carbocycles. The highest BCUT2D eigenvalue weighted by Crippen LogP contribution is 2.25. The van der Waals surface area contributed by atoms with Crippen LogP contribution in [0, 0.1) is 5.82 Å². The monoisotopic (exact) mass is 227 g/mol. The maximum absolute atomic E-state index is 13.5. The third-order valence-electron chi connectivity index (χ3n) is 2.23. The van der Waals surface area contributed by atoms with E-state index in [4.69, 9.17) is 5.73 Å². The van der Waals surface area contributed by atoms with Crippen molar-refractivity contribution in [2.75, 3.05) is 12.3 Å². The Kier molecular flexibility index (Phi) is 5.73. The van der Waals surface area contributed by atoms with E-state index in [0.717, 1.165) is 16.2 Å².